The molecule has 0 amide bonds. The van der Waals surface area contributed by atoms with Crippen LogP contribution in [0.4, 0.5) is 0 Å². The molecule has 0 aromatic rings. The van der Waals surface area contributed by atoms with Crippen LogP contribution >= 0.6 is 0 Å². The molecule has 2 aliphatic heterocycles. The Labute approximate surface area is 161 Å². The van der Waals surface area contributed by atoms with Gasteiger partial charge in [-0.1, -0.05) is 5.11 Å². The molecule has 17 nitrogen and oxygen atoms in total. The van der Waals surface area contributed by atoms with Crippen molar-refractivity contribution < 1.29 is 55.1 Å². The fourth-order valence-electron chi connectivity index (χ4n) is 3.09. The Kier molecular flexibility index (Phi) is 6.88. The van der Waals surface area contributed by atoms with E-state index in [2.05, 4.69) is 20.1 Å². The van der Waals surface area contributed by atoms with Crippen molar-refractivity contribution in [2.75, 3.05) is 19.8 Å². The van der Waals surface area contributed by atoms with Gasteiger partial charge in [-0.2, -0.15) is 0 Å². The zero-order chi connectivity index (χ0) is 22.0. The summed E-state index contributed by atoms with van der Waals surface area (Å²) in [5.74, 6) is -6.06. The summed E-state index contributed by atoms with van der Waals surface area (Å²) in [6.07, 6.45) is -11.8. The molecule has 164 valence electrons. The second kappa shape index (κ2) is 8.50. The van der Waals surface area contributed by atoms with Gasteiger partial charge in [0, 0.05) is 9.82 Å². The van der Waals surface area contributed by atoms with E-state index in [1.54, 1.807) is 0 Å². The minimum atomic E-state index is -3.41. The molecule has 0 aliphatic carbocycles. The van der Waals surface area contributed by atoms with E-state index in [4.69, 9.17) is 25.3 Å². The summed E-state index contributed by atoms with van der Waals surface area (Å²) < 4.78 is 15.4. The summed E-state index contributed by atoms with van der Waals surface area (Å²) in [7, 11) is 0. The topological polar surface area (TPSA) is 287 Å². The summed E-state index contributed by atoms with van der Waals surface area (Å²) in [6, 6.07) is 0. The van der Waals surface area contributed by atoms with E-state index in [0.29, 0.717) is 0 Å². The van der Waals surface area contributed by atoms with Crippen molar-refractivity contribution in [2.45, 2.75) is 54.0 Å². The Morgan fingerprint density at radius 1 is 0.862 bits per heavy atom. The van der Waals surface area contributed by atoms with Gasteiger partial charge in [-0.05, 0) is 16.2 Å². The summed E-state index contributed by atoms with van der Waals surface area (Å²) >= 11 is 0. The van der Waals surface area contributed by atoms with Gasteiger partial charge in [0.15, 0.2) is 0 Å². The van der Waals surface area contributed by atoms with Crippen LogP contribution < -0.4 is 0 Å². The number of aliphatic hydroxyl groups is 8. The molecule has 17 heteroatoms. The zero-order valence-corrected chi connectivity index (χ0v) is 14.6. The van der Waals surface area contributed by atoms with Crippen LogP contribution in [0, 0.1) is 0 Å². The second-order valence-electron chi connectivity index (χ2n) is 6.31. The highest BCUT2D eigenvalue weighted by molar-refractivity contribution is 5.08. The maximum Gasteiger partial charge on any atom is 0.291 e. The van der Waals surface area contributed by atoms with E-state index in [0.717, 1.165) is 0 Å². The van der Waals surface area contributed by atoms with Gasteiger partial charge >= 0.3 is 0 Å². The van der Waals surface area contributed by atoms with Gasteiger partial charge in [0.2, 0.25) is 11.5 Å². The van der Waals surface area contributed by atoms with Crippen molar-refractivity contribution in [3.8, 4) is 0 Å². The molecule has 29 heavy (non-hydrogen) atoms. The molecule has 0 saturated carbocycles. The molecule has 2 aliphatic rings. The van der Waals surface area contributed by atoms with Crippen LogP contribution in [0.15, 0.2) is 10.2 Å². The van der Waals surface area contributed by atoms with E-state index in [1.807, 2.05) is 0 Å². The Bertz CT molecular complexity index is 704. The van der Waals surface area contributed by atoms with Crippen LogP contribution in [0.2, 0.25) is 0 Å². The SMILES string of the molecule is [N-]=[N+]=N[C@@]1(OC2(CO)O[C@H](CO)[C@@H](O)[C@@H]2O)O[C@H](CO)[C@@H](O)[C@H](O)[C@]1(O)N=[N+]=[N-]. The first-order chi connectivity index (χ1) is 13.6. The van der Waals surface area contributed by atoms with E-state index >= 15 is 0 Å². The summed E-state index contributed by atoms with van der Waals surface area (Å²) in [6.45, 7) is -3.17. The van der Waals surface area contributed by atoms with Crippen molar-refractivity contribution >= 4 is 0 Å². The molecule has 8 N–H and O–H groups in total. The molecule has 0 aromatic carbocycles. The molecular formula is C12H20N6O11. The van der Waals surface area contributed by atoms with Gasteiger partial charge < -0.3 is 55.1 Å². The molecule has 1 unspecified atom stereocenters. The Hall–Kier alpha value is -1.82. The van der Waals surface area contributed by atoms with E-state index < -0.39 is 73.9 Å². The second-order valence-corrected chi connectivity index (χ2v) is 6.31. The molecule has 0 aromatic heterocycles. The van der Waals surface area contributed by atoms with Gasteiger partial charge in [-0.15, -0.1) is 0 Å². The van der Waals surface area contributed by atoms with Gasteiger partial charge in [0.05, 0.1) is 13.2 Å². The third-order valence-electron chi connectivity index (χ3n) is 4.66. The molecule has 2 saturated heterocycles. The van der Waals surface area contributed by atoms with Crippen LogP contribution in [0.25, 0.3) is 20.9 Å². The van der Waals surface area contributed by atoms with Crippen LogP contribution in [0.5, 0.6) is 0 Å². The highest BCUT2D eigenvalue weighted by Gasteiger charge is 2.70. The summed E-state index contributed by atoms with van der Waals surface area (Å²) in [4.78, 5) is 4.63. The molecule has 0 spiro atoms. The van der Waals surface area contributed by atoms with Gasteiger partial charge in [0.25, 0.3) is 5.91 Å². The van der Waals surface area contributed by atoms with E-state index in [9.17, 15) is 40.9 Å². The lowest BCUT2D eigenvalue weighted by Crippen LogP contribution is -2.74. The van der Waals surface area contributed by atoms with Crippen LogP contribution in [0.3, 0.4) is 0 Å². The Balaban J connectivity index is 2.66. The summed E-state index contributed by atoms with van der Waals surface area (Å²) in [5, 5.41) is 85.4. The van der Waals surface area contributed by atoms with Crippen molar-refractivity contribution in [1.82, 2.24) is 0 Å². The maximum atomic E-state index is 10.8. The van der Waals surface area contributed by atoms with Crippen molar-refractivity contribution in [3.63, 3.8) is 0 Å². The molecule has 0 radical (unpaired) electrons. The smallest absolute Gasteiger partial charge is 0.291 e. The number of nitrogens with zero attached hydrogens (tertiary/aromatic N) is 6. The summed E-state index contributed by atoms with van der Waals surface area (Å²) in [5.41, 5.74) is 14.3. The van der Waals surface area contributed by atoms with Crippen LogP contribution in [-0.4, -0.2) is 115 Å². The highest BCUT2D eigenvalue weighted by Crippen LogP contribution is 2.46. The predicted octanol–water partition coefficient (Wildman–Crippen LogP) is -4.12. The monoisotopic (exact) mass is 424 g/mol. The predicted molar refractivity (Wildman–Crippen MR) is 84.8 cm³/mol. The molecule has 9 atom stereocenters. The van der Waals surface area contributed by atoms with Crippen LogP contribution in [-0.2, 0) is 14.2 Å². The average Bonchev–Trinajstić information content (AvgIpc) is 2.95. The number of ether oxygens (including phenoxy) is 3. The Morgan fingerprint density at radius 2 is 1.38 bits per heavy atom. The zero-order valence-electron chi connectivity index (χ0n) is 14.6. The minimum Gasteiger partial charge on any atom is -0.394 e. The first-order valence-electron chi connectivity index (χ1n) is 8.07. The number of aliphatic hydroxyl groups excluding tert-OH is 7. The number of hydrogen-bond donors (Lipinski definition) is 8. The average molecular weight is 424 g/mol. The first-order valence-corrected chi connectivity index (χ1v) is 8.07. The molecule has 2 rings (SSSR count). The molecule has 2 fully saturated rings. The largest absolute Gasteiger partial charge is 0.394 e. The lowest BCUT2D eigenvalue weighted by atomic mass is 9.91. The third kappa shape index (κ3) is 3.49. The number of rotatable bonds is 7. The Morgan fingerprint density at radius 3 is 1.83 bits per heavy atom. The maximum absolute atomic E-state index is 10.8. The quantitative estimate of drug-likeness (QED) is 0.110. The lowest BCUT2D eigenvalue weighted by molar-refractivity contribution is -0.455. The van der Waals surface area contributed by atoms with E-state index in [-0.39, 0.29) is 0 Å². The van der Waals surface area contributed by atoms with Gasteiger partial charge in [-0.3, -0.25) is 0 Å². The highest BCUT2D eigenvalue weighted by atomic mass is 16.8. The van der Waals surface area contributed by atoms with Crippen molar-refractivity contribution in [2.24, 2.45) is 10.2 Å². The molecule has 0 bridgehead atoms. The fraction of sp³-hybridized carbons (Fsp3) is 1.00. The van der Waals surface area contributed by atoms with Gasteiger partial charge in [0.1, 0.15) is 43.2 Å². The fourth-order valence-corrected chi connectivity index (χ4v) is 3.09. The third-order valence-corrected chi connectivity index (χ3v) is 4.66. The molecular weight excluding hydrogens is 404 g/mol. The number of azide groups is 2. The van der Waals surface area contributed by atoms with Crippen LogP contribution in [0.1, 0.15) is 0 Å². The number of hydrogen-bond acceptors (Lipinski definition) is 13. The van der Waals surface area contributed by atoms with Gasteiger partial charge in [-0.25, -0.2) is 0 Å². The normalized spacial score (nSPS) is 47.3. The van der Waals surface area contributed by atoms with Crippen molar-refractivity contribution in [3.05, 3.63) is 20.9 Å². The lowest BCUT2D eigenvalue weighted by Gasteiger charge is -2.52. The molecule has 2 heterocycles. The van der Waals surface area contributed by atoms with Crippen molar-refractivity contribution in [1.29, 1.82) is 0 Å². The van der Waals surface area contributed by atoms with E-state index in [1.165, 1.54) is 0 Å². The standard InChI is InChI=1S/C12H20N6O11/c13-17-15-11(26)9(25)7(23)5(2-20)28-12(11,16-18-14)29-10(3-21)8(24)6(22)4(1-19)27-10/h4-9,19-26H,1-3H2/t4-,5-,6-,7-,8+,9+,10?,11-,12-/m1/s1. The first kappa shape index (κ1) is 23.5. The minimum absolute atomic E-state index is 0.861.